The molecule has 2 heterocycles. The number of hydrogen-bond donors (Lipinski definition) is 1. The summed E-state index contributed by atoms with van der Waals surface area (Å²) >= 11 is 0. The van der Waals surface area contributed by atoms with Crippen molar-refractivity contribution >= 4 is 11.0 Å². The van der Waals surface area contributed by atoms with Crippen molar-refractivity contribution in [3.05, 3.63) is 35.3 Å². The average molecular weight is 159 g/mol. The summed E-state index contributed by atoms with van der Waals surface area (Å²) in [5.74, 6) is 0. The monoisotopic (exact) mass is 159 g/mol. The van der Waals surface area contributed by atoms with Gasteiger partial charge in [-0.2, -0.15) is 5.26 Å². The highest BCUT2D eigenvalue weighted by Gasteiger charge is 2.04. The molecular weight excluding hydrogens is 154 g/mol. The molecule has 4 nitrogen and oxygen atoms in total. The zero-order valence-electron chi connectivity index (χ0n) is 6.11. The van der Waals surface area contributed by atoms with Gasteiger partial charge in [0, 0.05) is 0 Å². The van der Waals surface area contributed by atoms with E-state index in [1.165, 1.54) is 6.20 Å². The number of hydrogen-bond acceptors (Lipinski definition) is 2. The topological polar surface area (TPSA) is 66.5 Å². The highest BCUT2D eigenvalue weighted by molar-refractivity contribution is 5.73. The summed E-state index contributed by atoms with van der Waals surface area (Å²) in [4.78, 5) is 2.78. The number of fused-ring (bicyclic) bond motifs is 1. The van der Waals surface area contributed by atoms with E-state index in [0.29, 0.717) is 15.9 Å². The van der Waals surface area contributed by atoms with Gasteiger partial charge in [-0.1, -0.05) is 0 Å². The molecule has 0 atom stereocenters. The van der Waals surface area contributed by atoms with E-state index in [-0.39, 0.29) is 0 Å². The Hall–Kier alpha value is -2.02. The fourth-order valence-electron chi connectivity index (χ4n) is 1.14. The molecule has 1 N–H and O–H groups in total. The van der Waals surface area contributed by atoms with Crippen molar-refractivity contribution in [3.63, 3.8) is 0 Å². The van der Waals surface area contributed by atoms with Gasteiger partial charge >= 0.3 is 0 Å². The maximum absolute atomic E-state index is 11.2. The minimum atomic E-state index is 0.372. The Labute approximate surface area is 68.3 Å². The molecule has 0 aliphatic rings. The van der Waals surface area contributed by atoms with E-state index < -0.39 is 0 Å². The fourth-order valence-corrected chi connectivity index (χ4v) is 1.14. The molecule has 0 bridgehead atoms. The third kappa shape index (κ3) is 0.805. The molecule has 2 aromatic heterocycles. The first-order valence-electron chi connectivity index (χ1n) is 3.41. The zero-order valence-corrected chi connectivity index (χ0v) is 6.11. The standard InChI is InChI=1S/C8H5N3O/c9-4-6-3-7-1-2-10-8(7)11(12)5-6/h1-3,5,10H. The fraction of sp³-hybridized carbons (Fsp3) is 0. The van der Waals surface area contributed by atoms with Gasteiger partial charge in [0.15, 0.2) is 0 Å². The Bertz CT molecular complexity index is 467. The highest BCUT2D eigenvalue weighted by Crippen LogP contribution is 2.08. The zero-order chi connectivity index (χ0) is 8.55. The van der Waals surface area contributed by atoms with Crippen molar-refractivity contribution in [2.75, 3.05) is 0 Å². The van der Waals surface area contributed by atoms with Crippen molar-refractivity contribution in [2.45, 2.75) is 0 Å². The second kappa shape index (κ2) is 2.24. The molecule has 2 aromatic rings. The summed E-state index contributed by atoms with van der Waals surface area (Å²) in [6.45, 7) is 0. The highest BCUT2D eigenvalue weighted by atomic mass is 16.5. The van der Waals surface area contributed by atoms with E-state index >= 15 is 0 Å². The molecule has 0 radical (unpaired) electrons. The van der Waals surface area contributed by atoms with Crippen LogP contribution in [0.5, 0.6) is 0 Å². The van der Waals surface area contributed by atoms with Crippen molar-refractivity contribution in [1.82, 2.24) is 4.98 Å². The smallest absolute Gasteiger partial charge is 0.289 e. The van der Waals surface area contributed by atoms with Crippen LogP contribution in [-0.2, 0) is 0 Å². The molecule has 2 rings (SSSR count). The Morgan fingerprint density at radius 1 is 1.58 bits per heavy atom. The van der Waals surface area contributed by atoms with Crippen molar-refractivity contribution in [2.24, 2.45) is 0 Å². The minimum Gasteiger partial charge on any atom is -0.711 e. The van der Waals surface area contributed by atoms with E-state index in [9.17, 15) is 5.21 Å². The van der Waals surface area contributed by atoms with Crippen LogP contribution in [0.1, 0.15) is 5.56 Å². The molecule has 0 spiro atoms. The lowest BCUT2D eigenvalue weighted by molar-refractivity contribution is -0.579. The third-order valence-electron chi connectivity index (χ3n) is 1.67. The van der Waals surface area contributed by atoms with Gasteiger partial charge in [-0.15, -0.1) is 0 Å². The van der Waals surface area contributed by atoms with Gasteiger partial charge in [-0.05, 0) is 12.1 Å². The Morgan fingerprint density at radius 3 is 3.17 bits per heavy atom. The van der Waals surface area contributed by atoms with E-state index in [1.807, 2.05) is 6.07 Å². The normalized spacial score (nSPS) is 9.92. The number of aromatic amines is 1. The Kier molecular flexibility index (Phi) is 1.25. The molecule has 0 aliphatic heterocycles. The third-order valence-corrected chi connectivity index (χ3v) is 1.67. The van der Waals surface area contributed by atoms with Crippen LogP contribution in [0, 0.1) is 16.5 Å². The van der Waals surface area contributed by atoms with Gasteiger partial charge in [-0.3, -0.25) is 0 Å². The summed E-state index contributed by atoms with van der Waals surface area (Å²) in [5.41, 5.74) is 0.853. The first kappa shape index (κ1) is 6.68. The number of pyridine rings is 1. The van der Waals surface area contributed by atoms with Crippen LogP contribution in [0.4, 0.5) is 0 Å². The molecule has 58 valence electrons. The predicted molar refractivity (Wildman–Crippen MR) is 42.0 cm³/mol. The molecule has 0 fully saturated rings. The van der Waals surface area contributed by atoms with Crippen molar-refractivity contribution in [1.29, 1.82) is 5.26 Å². The van der Waals surface area contributed by atoms with Gasteiger partial charge in [0.1, 0.15) is 12.3 Å². The number of aromatic nitrogens is 2. The van der Waals surface area contributed by atoms with Crippen LogP contribution in [-0.4, -0.2) is 4.98 Å². The van der Waals surface area contributed by atoms with E-state index in [0.717, 1.165) is 5.39 Å². The van der Waals surface area contributed by atoms with Crippen LogP contribution in [0.3, 0.4) is 0 Å². The lowest BCUT2D eigenvalue weighted by atomic mass is 10.2. The first-order valence-corrected chi connectivity index (χ1v) is 3.41. The van der Waals surface area contributed by atoms with Crippen LogP contribution in [0.2, 0.25) is 0 Å². The molecule has 0 saturated carbocycles. The summed E-state index contributed by atoms with van der Waals surface area (Å²) in [6, 6.07) is 5.34. The molecule has 0 saturated heterocycles. The SMILES string of the molecule is N#Cc1cc2cc[nH]c2[n+]([O-])c1. The number of nitrogens with one attached hydrogen (secondary N) is 1. The summed E-state index contributed by atoms with van der Waals surface area (Å²) < 4.78 is 0.661. The van der Waals surface area contributed by atoms with Gasteiger partial charge in [0.2, 0.25) is 0 Å². The molecular formula is C8H5N3O. The molecule has 12 heavy (non-hydrogen) atoms. The van der Waals surface area contributed by atoms with E-state index in [1.54, 1.807) is 18.3 Å². The van der Waals surface area contributed by atoms with Gasteiger partial charge < -0.3 is 5.21 Å². The van der Waals surface area contributed by atoms with Crippen molar-refractivity contribution in [3.8, 4) is 6.07 Å². The molecule has 0 amide bonds. The second-order valence-corrected chi connectivity index (χ2v) is 2.45. The maximum atomic E-state index is 11.2. The molecule has 0 aromatic carbocycles. The van der Waals surface area contributed by atoms with Crippen molar-refractivity contribution < 1.29 is 4.73 Å². The summed E-state index contributed by atoms with van der Waals surface area (Å²) in [6.07, 6.45) is 2.92. The van der Waals surface area contributed by atoms with Crippen LogP contribution < -0.4 is 4.73 Å². The van der Waals surface area contributed by atoms with Gasteiger partial charge in [-0.25, -0.2) is 9.71 Å². The molecule has 4 heteroatoms. The number of rotatable bonds is 0. The van der Waals surface area contributed by atoms with Crippen LogP contribution in [0.25, 0.3) is 11.0 Å². The Balaban J connectivity index is 2.86. The van der Waals surface area contributed by atoms with Gasteiger partial charge in [0.25, 0.3) is 5.65 Å². The number of nitrogens with zero attached hydrogens (tertiary/aromatic N) is 2. The quantitative estimate of drug-likeness (QED) is 0.453. The van der Waals surface area contributed by atoms with Gasteiger partial charge in [0.05, 0.1) is 17.1 Å². The summed E-state index contributed by atoms with van der Waals surface area (Å²) in [5, 5.41) is 20.5. The lowest BCUT2D eigenvalue weighted by Crippen LogP contribution is -2.26. The molecule has 0 unspecified atom stereocenters. The van der Waals surface area contributed by atoms with Crippen LogP contribution >= 0.6 is 0 Å². The largest absolute Gasteiger partial charge is 0.711 e. The van der Waals surface area contributed by atoms with E-state index in [4.69, 9.17) is 5.26 Å². The lowest BCUT2D eigenvalue weighted by Gasteiger charge is -2.01. The predicted octanol–water partition coefficient (Wildman–Crippen LogP) is 0.673. The summed E-state index contributed by atoms with van der Waals surface area (Å²) in [7, 11) is 0. The first-order chi connectivity index (χ1) is 5.81. The molecule has 0 aliphatic carbocycles. The Morgan fingerprint density at radius 2 is 2.42 bits per heavy atom. The minimum absolute atomic E-state index is 0.372. The second-order valence-electron chi connectivity index (χ2n) is 2.45. The maximum Gasteiger partial charge on any atom is 0.289 e. The average Bonchev–Trinajstić information content (AvgIpc) is 2.52. The number of H-pyrrole nitrogens is 1. The van der Waals surface area contributed by atoms with E-state index in [2.05, 4.69) is 4.98 Å². The van der Waals surface area contributed by atoms with Crippen LogP contribution in [0.15, 0.2) is 24.5 Å². The number of nitriles is 1.